The normalized spacial score (nSPS) is 11.9. The number of carbonyl (C=O) groups is 1. The number of thioether (sulfide) groups is 1. The molecule has 0 spiro atoms. The Kier molecular flexibility index (Phi) is 5.41. The number of hydrogen-bond acceptors (Lipinski definition) is 7. The van der Waals surface area contributed by atoms with Crippen molar-refractivity contribution >= 4 is 39.1 Å². The van der Waals surface area contributed by atoms with Crippen LogP contribution in [0.5, 0.6) is 5.75 Å². The standard InChI is InChI=1S/C15H15N3O2S2/c1-3-20-10-4-5-12-14(6-10)22-15(18-12)21-8-13(19)11(7-16)9(2)17/h4-6H,3,8,17H2,1-2H3/b11-9+. The third-order valence-electron chi connectivity index (χ3n) is 2.76. The SMILES string of the molecule is CCOc1ccc2nc(SCC(=O)/C(C#N)=C(\C)N)sc2c1. The van der Waals surface area contributed by atoms with E-state index in [0.717, 1.165) is 20.3 Å². The van der Waals surface area contributed by atoms with E-state index in [4.69, 9.17) is 15.7 Å². The number of rotatable bonds is 6. The van der Waals surface area contributed by atoms with Crippen LogP contribution in [0.3, 0.4) is 0 Å². The van der Waals surface area contributed by atoms with E-state index < -0.39 is 0 Å². The van der Waals surface area contributed by atoms with Gasteiger partial charge in [-0.25, -0.2) is 4.98 Å². The highest BCUT2D eigenvalue weighted by Crippen LogP contribution is 2.32. The largest absolute Gasteiger partial charge is 0.494 e. The Morgan fingerprint density at radius 2 is 2.32 bits per heavy atom. The number of allylic oxidation sites excluding steroid dienone is 2. The molecule has 114 valence electrons. The molecule has 0 atom stereocenters. The van der Waals surface area contributed by atoms with Gasteiger partial charge in [0.1, 0.15) is 17.4 Å². The van der Waals surface area contributed by atoms with E-state index in [2.05, 4.69) is 4.98 Å². The number of hydrogen-bond donors (Lipinski definition) is 1. The van der Waals surface area contributed by atoms with Gasteiger partial charge in [-0.3, -0.25) is 4.79 Å². The molecular weight excluding hydrogens is 318 g/mol. The second-order valence-corrected chi connectivity index (χ2v) is 6.68. The van der Waals surface area contributed by atoms with Crippen molar-refractivity contribution in [3.05, 3.63) is 29.5 Å². The molecule has 2 N–H and O–H groups in total. The van der Waals surface area contributed by atoms with E-state index in [0.29, 0.717) is 6.61 Å². The lowest BCUT2D eigenvalue weighted by atomic mass is 10.2. The zero-order valence-corrected chi connectivity index (χ0v) is 13.9. The van der Waals surface area contributed by atoms with Crippen LogP contribution in [-0.4, -0.2) is 23.1 Å². The lowest BCUT2D eigenvalue weighted by Crippen LogP contribution is -2.10. The lowest BCUT2D eigenvalue weighted by molar-refractivity contribution is -0.112. The molecule has 0 unspecified atom stereocenters. The van der Waals surface area contributed by atoms with E-state index >= 15 is 0 Å². The molecule has 0 aliphatic heterocycles. The Bertz CT molecular complexity index is 771. The first-order chi connectivity index (χ1) is 10.5. The van der Waals surface area contributed by atoms with Gasteiger partial charge in [-0.15, -0.1) is 11.3 Å². The minimum absolute atomic E-state index is 0.0206. The molecule has 5 nitrogen and oxygen atoms in total. The smallest absolute Gasteiger partial charge is 0.185 e. The third-order valence-corrected chi connectivity index (χ3v) is 4.92. The van der Waals surface area contributed by atoms with Gasteiger partial charge in [0.2, 0.25) is 0 Å². The monoisotopic (exact) mass is 333 g/mol. The average molecular weight is 333 g/mol. The third kappa shape index (κ3) is 3.78. The fraction of sp³-hybridized carbons (Fsp3) is 0.267. The summed E-state index contributed by atoms with van der Waals surface area (Å²) in [6, 6.07) is 7.55. The number of ketones is 1. The number of nitriles is 1. The van der Waals surface area contributed by atoms with Crippen LogP contribution in [0.4, 0.5) is 0 Å². The summed E-state index contributed by atoms with van der Waals surface area (Å²) in [5.41, 5.74) is 6.66. The van der Waals surface area contributed by atoms with Crippen LogP contribution in [0.2, 0.25) is 0 Å². The van der Waals surface area contributed by atoms with Gasteiger partial charge in [0, 0.05) is 5.70 Å². The highest BCUT2D eigenvalue weighted by Gasteiger charge is 2.13. The fourth-order valence-electron chi connectivity index (χ4n) is 1.77. The predicted molar refractivity (Wildman–Crippen MR) is 89.0 cm³/mol. The molecule has 1 heterocycles. The molecule has 0 aliphatic carbocycles. The predicted octanol–water partition coefficient (Wildman–Crippen LogP) is 3.11. The van der Waals surface area contributed by atoms with Crippen LogP contribution in [0.25, 0.3) is 10.2 Å². The number of fused-ring (bicyclic) bond motifs is 1. The summed E-state index contributed by atoms with van der Waals surface area (Å²) < 4.78 is 7.24. The number of aromatic nitrogens is 1. The van der Waals surface area contributed by atoms with Gasteiger partial charge in [-0.2, -0.15) is 5.26 Å². The molecule has 2 rings (SSSR count). The van der Waals surface area contributed by atoms with Crippen LogP contribution in [0, 0.1) is 11.3 Å². The van der Waals surface area contributed by atoms with Crippen LogP contribution < -0.4 is 10.5 Å². The maximum atomic E-state index is 11.9. The Balaban J connectivity index is 2.11. The molecule has 0 saturated heterocycles. The van der Waals surface area contributed by atoms with Crippen molar-refractivity contribution in [2.24, 2.45) is 5.73 Å². The van der Waals surface area contributed by atoms with Crippen molar-refractivity contribution in [2.45, 2.75) is 18.2 Å². The Morgan fingerprint density at radius 3 is 2.95 bits per heavy atom. The van der Waals surface area contributed by atoms with Gasteiger partial charge in [0.15, 0.2) is 10.1 Å². The highest BCUT2D eigenvalue weighted by atomic mass is 32.2. The van der Waals surface area contributed by atoms with E-state index in [1.165, 1.54) is 23.1 Å². The second-order valence-electron chi connectivity index (χ2n) is 4.42. The van der Waals surface area contributed by atoms with Gasteiger partial charge in [0.05, 0.1) is 22.6 Å². The van der Waals surface area contributed by atoms with Gasteiger partial charge >= 0.3 is 0 Å². The molecular formula is C15H15N3O2S2. The molecule has 1 aromatic heterocycles. The molecule has 22 heavy (non-hydrogen) atoms. The van der Waals surface area contributed by atoms with Crippen LogP contribution in [0.1, 0.15) is 13.8 Å². The maximum Gasteiger partial charge on any atom is 0.185 e. The molecule has 0 radical (unpaired) electrons. The van der Waals surface area contributed by atoms with Crippen molar-refractivity contribution in [1.82, 2.24) is 4.98 Å². The van der Waals surface area contributed by atoms with Crippen molar-refractivity contribution in [1.29, 1.82) is 5.26 Å². The van der Waals surface area contributed by atoms with Crippen molar-refractivity contribution in [2.75, 3.05) is 12.4 Å². The number of benzene rings is 1. The van der Waals surface area contributed by atoms with E-state index in [-0.39, 0.29) is 22.8 Å². The lowest BCUT2D eigenvalue weighted by Gasteiger charge is -2.00. The summed E-state index contributed by atoms with van der Waals surface area (Å²) in [5.74, 6) is 0.678. The average Bonchev–Trinajstić information content (AvgIpc) is 2.88. The summed E-state index contributed by atoms with van der Waals surface area (Å²) in [7, 11) is 0. The second kappa shape index (κ2) is 7.29. The minimum Gasteiger partial charge on any atom is -0.494 e. The quantitative estimate of drug-likeness (QED) is 0.496. The van der Waals surface area contributed by atoms with Crippen molar-refractivity contribution in [3.8, 4) is 11.8 Å². The maximum absolute atomic E-state index is 11.9. The topological polar surface area (TPSA) is 89.0 Å². The van der Waals surface area contributed by atoms with Gasteiger partial charge in [0.25, 0.3) is 0 Å². The number of carbonyl (C=O) groups excluding carboxylic acids is 1. The Morgan fingerprint density at radius 1 is 1.55 bits per heavy atom. The number of nitrogens with two attached hydrogens (primary N) is 1. The van der Waals surface area contributed by atoms with Crippen LogP contribution in [0.15, 0.2) is 33.8 Å². The highest BCUT2D eigenvalue weighted by molar-refractivity contribution is 8.01. The summed E-state index contributed by atoms with van der Waals surface area (Å²) in [4.78, 5) is 16.4. The Labute approximate surface area is 136 Å². The van der Waals surface area contributed by atoms with Gasteiger partial charge in [-0.1, -0.05) is 11.8 Å². The molecule has 7 heteroatoms. The Hall–Kier alpha value is -2.04. The molecule has 0 bridgehead atoms. The van der Waals surface area contributed by atoms with Crippen molar-refractivity contribution < 1.29 is 9.53 Å². The molecule has 1 aromatic carbocycles. The first kappa shape index (κ1) is 16.3. The fourth-order valence-corrected chi connectivity index (χ4v) is 3.74. The molecule has 2 aromatic rings. The molecule has 0 saturated carbocycles. The zero-order valence-electron chi connectivity index (χ0n) is 12.3. The number of thiazole rings is 1. The minimum atomic E-state index is -0.276. The summed E-state index contributed by atoms with van der Waals surface area (Å²) in [6.07, 6.45) is 0. The van der Waals surface area contributed by atoms with Crippen LogP contribution in [-0.2, 0) is 4.79 Å². The van der Waals surface area contributed by atoms with Crippen LogP contribution >= 0.6 is 23.1 Å². The number of Topliss-reactive ketones (excluding diaryl/α,β-unsaturated/α-hetero) is 1. The molecule has 0 fully saturated rings. The van der Waals surface area contributed by atoms with E-state index in [1.807, 2.05) is 31.2 Å². The first-order valence-electron chi connectivity index (χ1n) is 6.61. The molecule has 0 aliphatic rings. The van der Waals surface area contributed by atoms with Crippen molar-refractivity contribution in [3.63, 3.8) is 0 Å². The summed E-state index contributed by atoms with van der Waals surface area (Å²) in [6.45, 7) is 4.10. The van der Waals surface area contributed by atoms with Gasteiger partial charge < -0.3 is 10.5 Å². The zero-order chi connectivity index (χ0) is 16.1. The number of ether oxygens (including phenoxy) is 1. The summed E-state index contributed by atoms with van der Waals surface area (Å²) >= 11 is 2.81. The van der Waals surface area contributed by atoms with E-state index in [9.17, 15) is 4.79 Å². The summed E-state index contributed by atoms with van der Waals surface area (Å²) in [5, 5.41) is 8.91. The van der Waals surface area contributed by atoms with E-state index in [1.54, 1.807) is 6.92 Å². The van der Waals surface area contributed by atoms with Gasteiger partial charge in [-0.05, 0) is 32.0 Å². The number of nitrogens with zero attached hydrogens (tertiary/aromatic N) is 2. The first-order valence-corrected chi connectivity index (χ1v) is 8.41. The molecule has 0 amide bonds.